The van der Waals surface area contributed by atoms with Gasteiger partial charge >= 0.3 is 12.1 Å². The molecule has 0 aliphatic carbocycles. The molecule has 0 radical (unpaired) electrons. The zero-order valence-electron chi connectivity index (χ0n) is 14.2. The number of ether oxygens (including phenoxy) is 3. The van der Waals surface area contributed by atoms with Gasteiger partial charge in [-0.2, -0.15) is 18.4 Å². The van der Waals surface area contributed by atoms with Crippen molar-refractivity contribution in [3.8, 4) is 17.6 Å². The maximum absolute atomic E-state index is 12.4. The van der Waals surface area contributed by atoms with Crippen LogP contribution in [0.4, 0.5) is 13.2 Å². The average Bonchev–Trinajstić information content (AvgIpc) is 2.66. The van der Waals surface area contributed by atoms with Crippen molar-refractivity contribution in [1.82, 2.24) is 4.90 Å². The number of rotatable bonds is 4. The van der Waals surface area contributed by atoms with E-state index in [4.69, 9.17) is 9.47 Å². The summed E-state index contributed by atoms with van der Waals surface area (Å²) in [6.45, 7) is 1.45. The molecule has 0 spiro atoms. The number of nitrogens with zero attached hydrogens (tertiary/aromatic N) is 2. The predicted molar refractivity (Wildman–Crippen MR) is 85.7 cm³/mol. The van der Waals surface area contributed by atoms with E-state index in [9.17, 15) is 28.0 Å². The van der Waals surface area contributed by atoms with Crippen molar-refractivity contribution >= 4 is 18.0 Å². The van der Waals surface area contributed by atoms with E-state index in [0.717, 1.165) is 6.07 Å². The molecule has 0 saturated carbocycles. The summed E-state index contributed by atoms with van der Waals surface area (Å²) < 4.78 is 51.3. The average molecular weight is 384 g/mol. The summed E-state index contributed by atoms with van der Waals surface area (Å²) >= 11 is 0. The topological polar surface area (TPSA) is 88.9 Å². The van der Waals surface area contributed by atoms with Crippen LogP contribution < -0.4 is 9.47 Å². The van der Waals surface area contributed by atoms with Gasteiger partial charge in [-0.3, -0.25) is 4.79 Å². The summed E-state index contributed by atoms with van der Waals surface area (Å²) in [4.78, 5) is 24.8. The second kappa shape index (κ2) is 8.55. The van der Waals surface area contributed by atoms with Gasteiger partial charge in [-0.1, -0.05) is 6.07 Å². The minimum atomic E-state index is -5.15. The minimum Gasteiger partial charge on any atom is -0.493 e. The lowest BCUT2D eigenvalue weighted by Gasteiger charge is -2.26. The molecule has 1 aromatic rings. The van der Waals surface area contributed by atoms with Gasteiger partial charge in [-0.15, -0.1) is 0 Å². The fourth-order valence-corrected chi connectivity index (χ4v) is 2.26. The first kappa shape index (κ1) is 20.3. The molecule has 1 aliphatic heterocycles. The minimum absolute atomic E-state index is 0.154. The first-order valence-electron chi connectivity index (χ1n) is 7.72. The Labute approximate surface area is 152 Å². The zero-order valence-corrected chi connectivity index (χ0v) is 14.2. The monoisotopic (exact) mass is 384 g/mol. The van der Waals surface area contributed by atoms with Crippen LogP contribution in [0, 0.1) is 11.3 Å². The fourth-order valence-electron chi connectivity index (χ4n) is 2.26. The molecule has 7 nitrogen and oxygen atoms in total. The first-order chi connectivity index (χ1) is 12.8. The van der Waals surface area contributed by atoms with Gasteiger partial charge in [0.2, 0.25) is 0 Å². The number of methoxy groups -OCH3 is 1. The molecular formula is C17H15F3N2O5. The molecule has 10 heteroatoms. The van der Waals surface area contributed by atoms with Crippen LogP contribution in [0.25, 0.3) is 6.08 Å². The molecular weight excluding hydrogens is 369 g/mol. The van der Waals surface area contributed by atoms with Crippen molar-refractivity contribution in [2.75, 3.05) is 33.4 Å². The molecule has 0 aromatic heterocycles. The van der Waals surface area contributed by atoms with Crippen LogP contribution in [-0.2, 0) is 14.3 Å². The smallest absolute Gasteiger partial charge is 0.491 e. The molecule has 1 aromatic carbocycles. The summed E-state index contributed by atoms with van der Waals surface area (Å²) in [6, 6.07) is 5.44. The Kier molecular flexibility index (Phi) is 6.41. The lowest BCUT2D eigenvalue weighted by atomic mass is 10.1. The molecule has 1 heterocycles. The quantitative estimate of drug-likeness (QED) is 0.341. The van der Waals surface area contributed by atoms with Gasteiger partial charge in [0.15, 0.2) is 11.5 Å². The number of morpholine rings is 1. The van der Waals surface area contributed by atoms with Crippen LogP contribution in [0.3, 0.4) is 0 Å². The van der Waals surface area contributed by atoms with E-state index in [-0.39, 0.29) is 11.3 Å². The highest BCUT2D eigenvalue weighted by atomic mass is 19.4. The van der Waals surface area contributed by atoms with E-state index >= 15 is 0 Å². The van der Waals surface area contributed by atoms with Crippen molar-refractivity contribution in [1.29, 1.82) is 5.26 Å². The molecule has 1 amide bonds. The highest BCUT2D eigenvalue weighted by Gasteiger charge is 2.41. The Hall–Kier alpha value is -3.06. The second-order valence-electron chi connectivity index (χ2n) is 5.37. The van der Waals surface area contributed by atoms with Crippen molar-refractivity contribution in [3.05, 3.63) is 29.3 Å². The molecule has 0 atom stereocenters. The SMILES string of the molecule is COc1cc(/C=C(\C#N)C(=O)N2CCOCC2)ccc1OC(=O)C(F)(F)F. The Morgan fingerprint density at radius 1 is 1.26 bits per heavy atom. The maximum atomic E-state index is 12.4. The van der Waals surface area contributed by atoms with E-state index in [1.807, 2.05) is 0 Å². The number of benzene rings is 1. The van der Waals surface area contributed by atoms with Crippen molar-refractivity contribution in [3.63, 3.8) is 0 Å². The number of hydrogen-bond donors (Lipinski definition) is 0. The number of amides is 1. The van der Waals surface area contributed by atoms with Crippen molar-refractivity contribution in [2.24, 2.45) is 0 Å². The van der Waals surface area contributed by atoms with Gasteiger partial charge in [-0.25, -0.2) is 4.79 Å². The summed E-state index contributed by atoms with van der Waals surface area (Å²) in [5.41, 5.74) is 0.163. The summed E-state index contributed by atoms with van der Waals surface area (Å²) in [6.07, 6.45) is -3.88. The maximum Gasteiger partial charge on any atom is 0.491 e. The van der Waals surface area contributed by atoms with Crippen molar-refractivity contribution < 1.29 is 37.0 Å². The first-order valence-corrected chi connectivity index (χ1v) is 7.72. The van der Waals surface area contributed by atoms with E-state index in [0.29, 0.717) is 31.9 Å². The molecule has 1 aliphatic rings. The third-order valence-electron chi connectivity index (χ3n) is 3.58. The van der Waals surface area contributed by atoms with E-state index in [1.165, 1.54) is 30.2 Å². The number of halogens is 3. The third kappa shape index (κ3) is 5.21. The highest BCUT2D eigenvalue weighted by Crippen LogP contribution is 2.31. The lowest BCUT2D eigenvalue weighted by molar-refractivity contribution is -0.189. The summed E-state index contributed by atoms with van der Waals surface area (Å²) in [5.74, 6) is -3.45. The van der Waals surface area contributed by atoms with Gasteiger partial charge in [-0.05, 0) is 23.8 Å². The number of esters is 1. The largest absolute Gasteiger partial charge is 0.493 e. The van der Waals surface area contributed by atoms with Crippen LogP contribution in [0.1, 0.15) is 5.56 Å². The molecule has 1 fully saturated rings. The Balaban J connectivity index is 2.24. The van der Waals surface area contributed by atoms with E-state index in [2.05, 4.69) is 4.74 Å². The predicted octanol–water partition coefficient (Wildman–Crippen LogP) is 1.93. The number of hydrogen-bond acceptors (Lipinski definition) is 6. The number of carbonyl (C=O) groups is 2. The molecule has 0 bridgehead atoms. The molecule has 0 unspecified atom stereocenters. The van der Waals surface area contributed by atoms with Gasteiger partial charge in [0.05, 0.1) is 20.3 Å². The molecule has 27 heavy (non-hydrogen) atoms. The number of nitriles is 1. The van der Waals surface area contributed by atoms with Gasteiger partial charge in [0, 0.05) is 13.1 Å². The zero-order chi connectivity index (χ0) is 20.0. The Bertz CT molecular complexity index is 793. The van der Waals surface area contributed by atoms with Crippen LogP contribution in [0.5, 0.6) is 11.5 Å². The van der Waals surface area contributed by atoms with Crippen LogP contribution in [0.15, 0.2) is 23.8 Å². The van der Waals surface area contributed by atoms with Gasteiger partial charge in [0.1, 0.15) is 11.6 Å². The van der Waals surface area contributed by atoms with E-state index in [1.54, 1.807) is 6.07 Å². The number of alkyl halides is 3. The molecule has 2 rings (SSSR count). The fraction of sp³-hybridized carbons (Fsp3) is 0.353. The standard InChI is InChI=1S/C17H15F3N2O5/c1-25-14-9-11(2-3-13(14)27-16(24)17(18,19)20)8-12(10-21)15(23)22-4-6-26-7-5-22/h2-3,8-9H,4-7H2,1H3/b12-8+. The Morgan fingerprint density at radius 3 is 2.48 bits per heavy atom. The van der Waals surface area contributed by atoms with Gasteiger partial charge < -0.3 is 19.1 Å². The van der Waals surface area contributed by atoms with Crippen LogP contribution in [0.2, 0.25) is 0 Å². The molecule has 0 N–H and O–H groups in total. The Morgan fingerprint density at radius 2 is 1.93 bits per heavy atom. The highest BCUT2D eigenvalue weighted by molar-refractivity contribution is 6.01. The second-order valence-corrected chi connectivity index (χ2v) is 5.37. The van der Waals surface area contributed by atoms with Crippen LogP contribution in [-0.4, -0.2) is 56.4 Å². The van der Waals surface area contributed by atoms with Crippen molar-refractivity contribution in [2.45, 2.75) is 6.18 Å². The summed E-state index contributed by atoms with van der Waals surface area (Å²) in [5, 5.41) is 9.26. The normalized spacial score (nSPS) is 15.1. The third-order valence-corrected chi connectivity index (χ3v) is 3.58. The molecule has 1 saturated heterocycles. The lowest BCUT2D eigenvalue weighted by Crippen LogP contribution is -2.41. The van der Waals surface area contributed by atoms with E-state index < -0.39 is 23.8 Å². The van der Waals surface area contributed by atoms with Gasteiger partial charge in [0.25, 0.3) is 5.91 Å². The number of carbonyl (C=O) groups excluding carboxylic acids is 2. The summed E-state index contributed by atoms with van der Waals surface area (Å²) in [7, 11) is 1.18. The molecule has 144 valence electrons. The van der Waals surface area contributed by atoms with Crippen LogP contribution >= 0.6 is 0 Å².